The number of anilines is 1. The summed E-state index contributed by atoms with van der Waals surface area (Å²) in [6, 6.07) is 21.7. The number of hydrogen-bond donors (Lipinski definition) is 1. The van der Waals surface area contributed by atoms with Crippen LogP contribution in [0.1, 0.15) is 40.2 Å². The summed E-state index contributed by atoms with van der Waals surface area (Å²) in [5, 5.41) is 12.3. The molecule has 0 saturated carbocycles. The van der Waals surface area contributed by atoms with Crippen LogP contribution in [0.3, 0.4) is 0 Å². The zero-order valence-corrected chi connectivity index (χ0v) is 20.5. The van der Waals surface area contributed by atoms with Gasteiger partial charge in [-0.25, -0.2) is 4.98 Å². The van der Waals surface area contributed by atoms with Gasteiger partial charge in [0.2, 0.25) is 5.78 Å². The molecule has 6 nitrogen and oxygen atoms in total. The average Bonchev–Trinajstić information content (AvgIpc) is 3.57. The van der Waals surface area contributed by atoms with Gasteiger partial charge in [0.1, 0.15) is 5.58 Å². The SMILES string of the molecule is CCc1ccc2nc(N3C(=O)C(O)=C(C(=O)c4cc5ccccc5o4)C3c3cccc(C)c3)sc2c1. The number of amides is 1. The van der Waals surface area contributed by atoms with Gasteiger partial charge in [-0.1, -0.05) is 72.4 Å². The molecule has 1 N–H and O–H groups in total. The Morgan fingerprint density at radius 3 is 2.69 bits per heavy atom. The second-order valence-corrected chi connectivity index (χ2v) is 9.89. The molecule has 6 rings (SSSR count). The Labute approximate surface area is 211 Å². The lowest BCUT2D eigenvalue weighted by Gasteiger charge is -2.24. The van der Waals surface area contributed by atoms with Crippen LogP contribution in [-0.4, -0.2) is 21.8 Å². The molecule has 0 saturated heterocycles. The van der Waals surface area contributed by atoms with Crippen molar-refractivity contribution in [1.29, 1.82) is 0 Å². The maximum atomic E-state index is 13.8. The quantitative estimate of drug-likeness (QED) is 0.275. The topological polar surface area (TPSA) is 83.6 Å². The van der Waals surface area contributed by atoms with Crippen LogP contribution in [0, 0.1) is 6.92 Å². The molecule has 5 aromatic rings. The third-order valence-corrected chi connectivity index (χ3v) is 7.53. The van der Waals surface area contributed by atoms with E-state index in [-0.39, 0.29) is 11.3 Å². The number of aliphatic hydroxyl groups excluding tert-OH is 1. The van der Waals surface area contributed by atoms with E-state index in [9.17, 15) is 14.7 Å². The van der Waals surface area contributed by atoms with Crippen molar-refractivity contribution < 1.29 is 19.1 Å². The van der Waals surface area contributed by atoms with Crippen molar-refractivity contribution >= 4 is 49.3 Å². The predicted molar refractivity (Wildman–Crippen MR) is 141 cm³/mol. The summed E-state index contributed by atoms with van der Waals surface area (Å²) < 4.78 is 6.75. The van der Waals surface area contributed by atoms with Gasteiger partial charge >= 0.3 is 0 Å². The number of ketones is 1. The van der Waals surface area contributed by atoms with Gasteiger partial charge in [0.05, 0.1) is 21.8 Å². The van der Waals surface area contributed by atoms with Crippen LogP contribution in [-0.2, 0) is 11.2 Å². The number of Topliss-reactive ketones (excluding diaryl/α,β-unsaturated/α-hetero) is 1. The largest absolute Gasteiger partial charge is 0.503 e. The molecule has 3 aromatic carbocycles. The molecule has 3 heterocycles. The van der Waals surface area contributed by atoms with Gasteiger partial charge in [-0.3, -0.25) is 14.5 Å². The Hall–Kier alpha value is -4.23. The zero-order valence-electron chi connectivity index (χ0n) is 19.7. The first kappa shape index (κ1) is 22.2. The van der Waals surface area contributed by atoms with Crippen molar-refractivity contribution in [2.45, 2.75) is 26.3 Å². The summed E-state index contributed by atoms with van der Waals surface area (Å²) in [4.78, 5) is 33.4. The fourth-order valence-electron chi connectivity index (χ4n) is 4.70. The third kappa shape index (κ3) is 3.51. The van der Waals surface area contributed by atoms with Crippen LogP contribution >= 0.6 is 11.3 Å². The van der Waals surface area contributed by atoms with Crippen LogP contribution in [0.4, 0.5) is 5.13 Å². The van der Waals surface area contributed by atoms with Crippen LogP contribution in [0.5, 0.6) is 0 Å². The van der Waals surface area contributed by atoms with E-state index in [1.165, 1.54) is 21.8 Å². The van der Waals surface area contributed by atoms with E-state index < -0.39 is 23.5 Å². The Morgan fingerprint density at radius 1 is 1.08 bits per heavy atom. The number of carbonyl (C=O) groups is 2. The van der Waals surface area contributed by atoms with E-state index in [1.54, 1.807) is 12.1 Å². The second-order valence-electron chi connectivity index (χ2n) is 8.88. The molecule has 1 aliphatic heterocycles. The highest BCUT2D eigenvalue weighted by Gasteiger charge is 2.46. The van der Waals surface area contributed by atoms with Crippen molar-refractivity contribution in [1.82, 2.24) is 4.98 Å². The molecule has 1 unspecified atom stereocenters. The highest BCUT2D eigenvalue weighted by atomic mass is 32.1. The molecule has 1 atom stereocenters. The average molecular weight is 495 g/mol. The van der Waals surface area contributed by atoms with Gasteiger partial charge in [-0.05, 0) is 48.7 Å². The highest BCUT2D eigenvalue weighted by molar-refractivity contribution is 7.22. The Bertz CT molecular complexity index is 1680. The number of aromatic nitrogens is 1. The Kier molecular flexibility index (Phi) is 5.23. The number of benzene rings is 3. The predicted octanol–water partition coefficient (Wildman–Crippen LogP) is 6.70. The maximum Gasteiger partial charge on any atom is 0.296 e. The van der Waals surface area contributed by atoms with E-state index in [0.717, 1.165) is 27.6 Å². The number of nitrogens with zero attached hydrogens (tertiary/aromatic N) is 2. The van der Waals surface area contributed by atoms with Crippen molar-refractivity contribution in [2.24, 2.45) is 0 Å². The molecule has 0 radical (unpaired) electrons. The summed E-state index contributed by atoms with van der Waals surface area (Å²) in [7, 11) is 0. The highest BCUT2D eigenvalue weighted by Crippen LogP contribution is 2.44. The lowest BCUT2D eigenvalue weighted by molar-refractivity contribution is -0.117. The van der Waals surface area contributed by atoms with E-state index in [2.05, 4.69) is 13.0 Å². The number of carbonyl (C=O) groups excluding carboxylic acids is 2. The monoisotopic (exact) mass is 494 g/mol. The summed E-state index contributed by atoms with van der Waals surface area (Å²) in [6.07, 6.45) is 0.885. The van der Waals surface area contributed by atoms with Gasteiger partial charge in [0, 0.05) is 5.39 Å². The van der Waals surface area contributed by atoms with E-state index >= 15 is 0 Å². The molecule has 0 aliphatic carbocycles. The van der Waals surface area contributed by atoms with Gasteiger partial charge in [0.25, 0.3) is 5.91 Å². The first-order chi connectivity index (χ1) is 17.4. The second kappa shape index (κ2) is 8.46. The minimum Gasteiger partial charge on any atom is -0.503 e. The number of aliphatic hydroxyl groups is 1. The van der Waals surface area contributed by atoms with Gasteiger partial charge < -0.3 is 9.52 Å². The third-order valence-electron chi connectivity index (χ3n) is 6.52. The lowest BCUT2D eigenvalue weighted by Crippen LogP contribution is -2.31. The minimum atomic E-state index is -0.843. The number of fused-ring (bicyclic) bond motifs is 2. The summed E-state index contributed by atoms with van der Waals surface area (Å²) >= 11 is 1.37. The Morgan fingerprint density at radius 2 is 1.92 bits per heavy atom. The van der Waals surface area contributed by atoms with Gasteiger partial charge in [0.15, 0.2) is 16.7 Å². The van der Waals surface area contributed by atoms with Crippen LogP contribution < -0.4 is 4.90 Å². The smallest absolute Gasteiger partial charge is 0.296 e. The number of para-hydroxylation sites is 1. The van der Waals surface area contributed by atoms with Gasteiger partial charge in [-0.15, -0.1) is 0 Å². The van der Waals surface area contributed by atoms with Crippen molar-refractivity contribution in [3.8, 4) is 0 Å². The van der Waals surface area contributed by atoms with Crippen LogP contribution in [0.15, 0.2) is 88.5 Å². The van der Waals surface area contributed by atoms with Crippen molar-refractivity contribution in [3.05, 3.63) is 107 Å². The molecule has 1 amide bonds. The molecule has 0 bridgehead atoms. The Balaban J connectivity index is 1.51. The summed E-state index contributed by atoms with van der Waals surface area (Å²) in [5.74, 6) is -1.70. The van der Waals surface area contributed by atoms with E-state index in [4.69, 9.17) is 9.40 Å². The molecular weight excluding hydrogens is 472 g/mol. The van der Waals surface area contributed by atoms with E-state index in [1.807, 2.05) is 61.5 Å². The number of thiazole rings is 1. The molecular formula is C29H22N2O4S. The van der Waals surface area contributed by atoms with Crippen molar-refractivity contribution in [3.63, 3.8) is 0 Å². The lowest BCUT2D eigenvalue weighted by atomic mass is 9.94. The molecule has 0 spiro atoms. The molecule has 178 valence electrons. The summed E-state index contributed by atoms with van der Waals surface area (Å²) in [5.41, 5.74) is 4.16. The number of hydrogen-bond acceptors (Lipinski definition) is 6. The molecule has 2 aromatic heterocycles. The number of aryl methyl sites for hydroxylation is 2. The van der Waals surface area contributed by atoms with E-state index in [0.29, 0.717) is 16.3 Å². The fraction of sp³-hybridized carbons (Fsp3) is 0.138. The molecule has 36 heavy (non-hydrogen) atoms. The minimum absolute atomic E-state index is 0.0156. The summed E-state index contributed by atoms with van der Waals surface area (Å²) in [6.45, 7) is 4.03. The van der Waals surface area contributed by atoms with Crippen LogP contribution in [0.2, 0.25) is 0 Å². The first-order valence-electron chi connectivity index (χ1n) is 11.7. The van der Waals surface area contributed by atoms with Crippen LogP contribution in [0.25, 0.3) is 21.2 Å². The molecule has 7 heteroatoms. The number of furan rings is 1. The van der Waals surface area contributed by atoms with Gasteiger partial charge in [-0.2, -0.15) is 0 Å². The normalized spacial score (nSPS) is 16.0. The standard InChI is InChI=1S/C29H22N2O4S/c1-3-17-11-12-20-23(14-17)36-29(30-20)31-25(19-9-6-7-16(2)13-19)24(27(33)28(31)34)26(32)22-15-18-8-4-5-10-21(18)35-22/h4-15,25,33H,3H2,1-2H3. The fourth-order valence-corrected chi connectivity index (χ4v) is 5.75. The zero-order chi connectivity index (χ0) is 25.0. The maximum absolute atomic E-state index is 13.8. The van der Waals surface area contributed by atoms with Crippen molar-refractivity contribution in [2.75, 3.05) is 4.90 Å². The number of rotatable bonds is 5. The first-order valence-corrected chi connectivity index (χ1v) is 12.5. The molecule has 1 aliphatic rings. The molecule has 0 fully saturated rings.